The molecule has 0 fully saturated rings. The molecule has 3 N–H and O–H groups in total. The highest BCUT2D eigenvalue weighted by molar-refractivity contribution is 5.98. The van der Waals surface area contributed by atoms with E-state index >= 15 is 0 Å². The number of phenols is 2. The van der Waals surface area contributed by atoms with E-state index in [1.807, 2.05) is 28.8 Å². The lowest BCUT2D eigenvalue weighted by Gasteiger charge is -2.24. The van der Waals surface area contributed by atoms with Crippen LogP contribution in [0, 0.1) is 0 Å². The van der Waals surface area contributed by atoms with Gasteiger partial charge in [0.05, 0.1) is 44.8 Å². The summed E-state index contributed by atoms with van der Waals surface area (Å²) >= 11 is 0. The van der Waals surface area contributed by atoms with Gasteiger partial charge in [-0.3, -0.25) is 9.59 Å². The second-order valence-corrected chi connectivity index (χ2v) is 12.6. The number of esters is 1. The van der Waals surface area contributed by atoms with Gasteiger partial charge in [0.1, 0.15) is 22.8 Å². The maximum atomic E-state index is 13.7. The van der Waals surface area contributed by atoms with Crippen LogP contribution in [-0.4, -0.2) is 71.4 Å². The number of methoxy groups -OCH3 is 3. The lowest BCUT2D eigenvalue weighted by atomic mass is 9.84. The van der Waals surface area contributed by atoms with Crippen LogP contribution in [0.3, 0.4) is 0 Å². The molecule has 0 radical (unpaired) electrons. The summed E-state index contributed by atoms with van der Waals surface area (Å²) in [7, 11) is 4.39. The van der Waals surface area contributed by atoms with Crippen molar-refractivity contribution in [3.05, 3.63) is 77.1 Å². The number of phenolic OH excluding ortho intramolecular Hbond substituents is 2. The van der Waals surface area contributed by atoms with Crippen LogP contribution in [0.25, 0.3) is 17.1 Å². The van der Waals surface area contributed by atoms with Gasteiger partial charge < -0.3 is 39.0 Å². The van der Waals surface area contributed by atoms with Crippen molar-refractivity contribution in [2.45, 2.75) is 70.4 Å². The Hall–Kier alpha value is -5.52. The number of Topliss-reactive ketones (excluding diaryl/α,β-unsaturated/α-hetero) is 1. The first kappa shape index (κ1) is 36.8. The van der Waals surface area contributed by atoms with Gasteiger partial charge in [-0.2, -0.15) is 0 Å². The van der Waals surface area contributed by atoms with E-state index in [9.17, 15) is 24.6 Å². The molecule has 3 aromatic carbocycles. The van der Waals surface area contributed by atoms with Crippen LogP contribution < -0.4 is 19.5 Å². The summed E-state index contributed by atoms with van der Waals surface area (Å²) in [6, 6.07) is 12.4. The summed E-state index contributed by atoms with van der Waals surface area (Å²) < 4.78 is 24.4. The fourth-order valence-corrected chi connectivity index (χ4v) is 6.47. The topological polar surface area (TPSA) is 158 Å². The number of nitrogens with one attached hydrogen (secondary N) is 1. The van der Waals surface area contributed by atoms with Gasteiger partial charge >= 0.3 is 5.97 Å². The third-order valence-corrected chi connectivity index (χ3v) is 9.08. The number of hydrogen-bond donors (Lipinski definition) is 3. The molecule has 51 heavy (non-hydrogen) atoms. The predicted molar refractivity (Wildman–Crippen MR) is 192 cm³/mol. The largest absolute Gasteiger partial charge is 0.507 e. The van der Waals surface area contributed by atoms with Crippen LogP contribution in [0.4, 0.5) is 0 Å². The first-order chi connectivity index (χ1) is 24.6. The van der Waals surface area contributed by atoms with E-state index in [-0.39, 0.29) is 47.1 Å². The Morgan fingerprint density at radius 3 is 2.49 bits per heavy atom. The van der Waals surface area contributed by atoms with Crippen LogP contribution in [0.5, 0.6) is 28.7 Å². The molecule has 1 aliphatic rings. The number of aromatic nitrogens is 2. The molecule has 12 heteroatoms. The van der Waals surface area contributed by atoms with Crippen LogP contribution in [0.2, 0.25) is 0 Å². The van der Waals surface area contributed by atoms with Gasteiger partial charge in [0.2, 0.25) is 11.7 Å². The summed E-state index contributed by atoms with van der Waals surface area (Å²) in [6.07, 6.45) is 7.46. The molecule has 12 nitrogen and oxygen atoms in total. The highest BCUT2D eigenvalue weighted by Crippen LogP contribution is 2.47. The van der Waals surface area contributed by atoms with Gasteiger partial charge in [-0.05, 0) is 74.1 Å². The minimum Gasteiger partial charge on any atom is -0.507 e. The van der Waals surface area contributed by atoms with Crippen molar-refractivity contribution >= 4 is 34.8 Å². The summed E-state index contributed by atoms with van der Waals surface area (Å²) in [5.74, 6) is -1.89. The fraction of sp³-hybridized carbons (Fsp3) is 0.385. The van der Waals surface area contributed by atoms with Crippen molar-refractivity contribution in [3.8, 4) is 28.7 Å². The zero-order chi connectivity index (χ0) is 36.5. The van der Waals surface area contributed by atoms with Crippen molar-refractivity contribution < 1.29 is 43.5 Å². The lowest BCUT2D eigenvalue weighted by Crippen LogP contribution is -2.28. The summed E-state index contributed by atoms with van der Waals surface area (Å²) in [5.41, 5.74) is 2.30. The summed E-state index contributed by atoms with van der Waals surface area (Å²) in [6.45, 7) is 2.47. The molecule has 0 spiro atoms. The number of fused-ring (bicyclic) bond motifs is 2. The van der Waals surface area contributed by atoms with Gasteiger partial charge in [-0.15, -0.1) is 0 Å². The zero-order valence-corrected chi connectivity index (χ0v) is 29.4. The summed E-state index contributed by atoms with van der Waals surface area (Å²) in [4.78, 5) is 44.0. The third kappa shape index (κ3) is 8.62. The Bertz CT molecular complexity index is 1890. The van der Waals surface area contributed by atoms with Crippen LogP contribution >= 0.6 is 0 Å². The van der Waals surface area contributed by atoms with Crippen LogP contribution in [0.1, 0.15) is 84.8 Å². The number of aromatic hydroxyl groups is 2. The number of cyclic esters (lactones) is 1. The highest BCUT2D eigenvalue weighted by atomic mass is 16.5. The average Bonchev–Trinajstić information content (AvgIpc) is 3.52. The van der Waals surface area contributed by atoms with Crippen molar-refractivity contribution in [3.63, 3.8) is 0 Å². The maximum absolute atomic E-state index is 13.7. The molecule has 0 aliphatic carbocycles. The molecule has 5 rings (SSSR count). The number of ketones is 1. The van der Waals surface area contributed by atoms with E-state index in [2.05, 4.69) is 10.3 Å². The van der Waals surface area contributed by atoms with Crippen molar-refractivity contribution in [1.82, 2.24) is 14.9 Å². The fourth-order valence-electron chi connectivity index (χ4n) is 6.47. The number of imidazole rings is 1. The molecular formula is C39H45N3O9. The normalized spacial score (nSPS) is 16.7. The second-order valence-electron chi connectivity index (χ2n) is 12.6. The Morgan fingerprint density at radius 1 is 1.04 bits per heavy atom. The standard InChI is InChI=1S/C39H45N3O9/c1-24-11-10-14-27(43)13-7-5-6-12-25-19-31(44)36(37(46)35(25)39(47)51-24)28(26-20-32(48-2)38(50-4)33(21-26)49-3)22-34(45)40-17-18-42-23-41-29-15-8-9-16-30(29)42/h6,8-9,12,15-16,19-21,23-24,28,44,46H,5,7,10-11,13-14,17-18,22H2,1-4H3,(H,40,45)/b12-6+/t24-,28?/m0/s1. The molecular weight excluding hydrogens is 654 g/mol. The van der Waals surface area contributed by atoms with Gasteiger partial charge in [0.25, 0.3) is 0 Å². The van der Waals surface area contributed by atoms with E-state index < -0.39 is 23.7 Å². The quantitative estimate of drug-likeness (QED) is 0.161. The number of carbonyl (C=O) groups is 3. The average molecular weight is 700 g/mol. The number of carbonyl (C=O) groups excluding carboxylic acids is 3. The number of nitrogens with zero attached hydrogens (tertiary/aromatic N) is 2. The van der Waals surface area contributed by atoms with E-state index in [0.29, 0.717) is 67.9 Å². The Labute approximate surface area is 297 Å². The summed E-state index contributed by atoms with van der Waals surface area (Å²) in [5, 5.41) is 26.5. The third-order valence-electron chi connectivity index (χ3n) is 9.08. The molecule has 2 atom stereocenters. The Morgan fingerprint density at radius 2 is 1.76 bits per heavy atom. The van der Waals surface area contributed by atoms with E-state index in [0.717, 1.165) is 11.0 Å². The minimum atomic E-state index is -0.980. The number of ether oxygens (including phenoxy) is 4. The van der Waals surface area contributed by atoms with Crippen molar-refractivity contribution in [2.24, 2.45) is 0 Å². The first-order valence-corrected chi connectivity index (χ1v) is 17.1. The highest BCUT2D eigenvalue weighted by Gasteiger charge is 2.32. The first-order valence-electron chi connectivity index (χ1n) is 17.1. The van der Waals surface area contributed by atoms with Crippen molar-refractivity contribution in [1.29, 1.82) is 0 Å². The molecule has 0 bridgehead atoms. The molecule has 2 heterocycles. The Kier molecular flexibility index (Phi) is 12.2. The number of benzene rings is 3. The Balaban J connectivity index is 1.55. The number of allylic oxidation sites excluding steroid dienone is 1. The van der Waals surface area contributed by atoms with Gasteiger partial charge in [0.15, 0.2) is 11.5 Å². The smallest absolute Gasteiger partial charge is 0.342 e. The SMILES string of the molecule is COc1cc(C(CC(=O)NCCn2cnc3ccccc32)c2c(O)cc3c(c2O)C(=O)O[C@@H](C)CCCC(=O)CCC/C=C/3)cc(OC)c1OC. The van der Waals surface area contributed by atoms with Crippen LogP contribution in [0.15, 0.2) is 54.9 Å². The van der Waals surface area contributed by atoms with Gasteiger partial charge in [0, 0.05) is 43.8 Å². The number of rotatable bonds is 10. The van der Waals surface area contributed by atoms with Crippen LogP contribution in [-0.2, 0) is 20.9 Å². The monoisotopic (exact) mass is 699 g/mol. The number of amides is 1. The molecule has 1 amide bonds. The molecule has 1 aliphatic heterocycles. The van der Waals surface area contributed by atoms with E-state index in [4.69, 9.17) is 18.9 Å². The van der Waals surface area contributed by atoms with E-state index in [1.165, 1.54) is 27.4 Å². The molecule has 4 aromatic rings. The molecule has 1 unspecified atom stereocenters. The lowest BCUT2D eigenvalue weighted by molar-refractivity contribution is -0.121. The molecule has 0 saturated heterocycles. The predicted octanol–water partition coefficient (Wildman–Crippen LogP) is 6.29. The van der Waals surface area contributed by atoms with Gasteiger partial charge in [-0.25, -0.2) is 9.78 Å². The zero-order valence-electron chi connectivity index (χ0n) is 29.4. The number of para-hydroxylation sites is 2. The number of hydrogen-bond acceptors (Lipinski definition) is 10. The van der Waals surface area contributed by atoms with E-state index in [1.54, 1.807) is 37.5 Å². The second kappa shape index (κ2) is 16.9. The molecule has 0 saturated carbocycles. The molecule has 270 valence electrons. The molecule has 1 aromatic heterocycles. The maximum Gasteiger partial charge on any atom is 0.342 e. The van der Waals surface area contributed by atoms with Gasteiger partial charge in [-0.1, -0.05) is 24.3 Å². The van der Waals surface area contributed by atoms with Crippen molar-refractivity contribution in [2.75, 3.05) is 27.9 Å². The minimum absolute atomic E-state index is 0.0384.